The minimum Gasteiger partial charge on any atom is -0.434 e. The van der Waals surface area contributed by atoms with Gasteiger partial charge in [-0.3, -0.25) is 0 Å². The van der Waals surface area contributed by atoms with E-state index < -0.39 is 6.61 Å². The molecule has 2 aromatic carbocycles. The molecular formula is C22H28F3IN4O2. The molecule has 2 N–H and O–H groups in total. The molecule has 0 bridgehead atoms. The maximum absolute atomic E-state index is 14.6. The number of morpholine rings is 1. The average molecular weight is 564 g/mol. The van der Waals surface area contributed by atoms with Crippen LogP contribution in [0.5, 0.6) is 5.75 Å². The van der Waals surface area contributed by atoms with E-state index in [-0.39, 0.29) is 48.6 Å². The molecule has 0 atom stereocenters. The van der Waals surface area contributed by atoms with Gasteiger partial charge in [0.15, 0.2) is 5.96 Å². The summed E-state index contributed by atoms with van der Waals surface area (Å²) in [5, 5.41) is 6.19. The van der Waals surface area contributed by atoms with E-state index in [9.17, 15) is 13.2 Å². The van der Waals surface area contributed by atoms with Gasteiger partial charge in [0.1, 0.15) is 11.6 Å². The molecule has 10 heteroatoms. The second-order valence-corrected chi connectivity index (χ2v) is 6.92. The van der Waals surface area contributed by atoms with E-state index in [0.29, 0.717) is 50.1 Å². The Morgan fingerprint density at radius 1 is 1.16 bits per heavy atom. The quantitative estimate of drug-likeness (QED) is 0.287. The van der Waals surface area contributed by atoms with Crippen molar-refractivity contribution < 1.29 is 22.6 Å². The second kappa shape index (κ2) is 13.4. The maximum atomic E-state index is 14.6. The monoisotopic (exact) mass is 564 g/mol. The molecule has 0 aromatic heterocycles. The summed E-state index contributed by atoms with van der Waals surface area (Å²) in [5.41, 5.74) is 1.87. The molecule has 32 heavy (non-hydrogen) atoms. The van der Waals surface area contributed by atoms with Crippen LogP contribution in [-0.2, 0) is 17.8 Å². The summed E-state index contributed by atoms with van der Waals surface area (Å²) in [7, 11) is 0. The lowest BCUT2D eigenvalue weighted by Crippen LogP contribution is -2.37. The van der Waals surface area contributed by atoms with Crippen LogP contribution >= 0.6 is 24.0 Å². The molecule has 0 spiro atoms. The van der Waals surface area contributed by atoms with Gasteiger partial charge in [0.2, 0.25) is 0 Å². The van der Waals surface area contributed by atoms with Gasteiger partial charge in [0.25, 0.3) is 0 Å². The Balaban J connectivity index is 0.00000363. The number of halogens is 4. The first-order valence-electron chi connectivity index (χ1n) is 10.2. The summed E-state index contributed by atoms with van der Waals surface area (Å²) in [6.07, 6.45) is 0. The van der Waals surface area contributed by atoms with E-state index in [1.54, 1.807) is 24.3 Å². The van der Waals surface area contributed by atoms with E-state index in [4.69, 9.17) is 4.74 Å². The summed E-state index contributed by atoms with van der Waals surface area (Å²) in [6.45, 7) is 2.68. The van der Waals surface area contributed by atoms with Crippen LogP contribution in [0.2, 0.25) is 0 Å². The molecule has 6 nitrogen and oxygen atoms in total. The number of guanidine groups is 1. The topological polar surface area (TPSA) is 58.1 Å². The Morgan fingerprint density at radius 3 is 2.59 bits per heavy atom. The number of anilines is 1. The number of nitrogens with zero attached hydrogens (tertiary/aromatic N) is 2. The number of nitrogens with one attached hydrogen (secondary N) is 2. The Bertz CT molecular complexity index is 880. The SMILES string of the molecule is CCNC(=NCc1ccc(N2CCOCC2)c(F)c1)NCc1ccccc1OC(F)F.I. The van der Waals surface area contributed by atoms with Crippen LogP contribution in [-0.4, -0.2) is 45.4 Å². The molecule has 3 rings (SSSR count). The highest BCUT2D eigenvalue weighted by molar-refractivity contribution is 14.0. The number of aliphatic imine (C=N–C) groups is 1. The van der Waals surface area contributed by atoms with Crippen LogP contribution in [0, 0.1) is 5.82 Å². The van der Waals surface area contributed by atoms with Crippen molar-refractivity contribution in [2.45, 2.75) is 26.6 Å². The van der Waals surface area contributed by atoms with Crippen LogP contribution in [0.15, 0.2) is 47.5 Å². The molecular weight excluding hydrogens is 536 g/mol. The summed E-state index contributed by atoms with van der Waals surface area (Å²) in [4.78, 5) is 6.45. The lowest BCUT2D eigenvalue weighted by molar-refractivity contribution is -0.0504. The molecule has 1 saturated heterocycles. The van der Waals surface area contributed by atoms with Crippen molar-refractivity contribution >= 4 is 35.6 Å². The number of rotatable bonds is 8. The molecule has 0 radical (unpaired) electrons. The van der Waals surface area contributed by atoms with E-state index >= 15 is 0 Å². The third-order valence-electron chi connectivity index (χ3n) is 4.76. The van der Waals surface area contributed by atoms with Crippen molar-refractivity contribution in [3.63, 3.8) is 0 Å². The van der Waals surface area contributed by atoms with Crippen LogP contribution in [0.4, 0.5) is 18.9 Å². The number of ether oxygens (including phenoxy) is 2. The van der Waals surface area contributed by atoms with Gasteiger partial charge in [-0.1, -0.05) is 24.3 Å². The van der Waals surface area contributed by atoms with Gasteiger partial charge in [-0.15, -0.1) is 24.0 Å². The van der Waals surface area contributed by atoms with Gasteiger partial charge < -0.3 is 25.0 Å². The van der Waals surface area contributed by atoms with Crippen molar-refractivity contribution in [2.24, 2.45) is 4.99 Å². The number of para-hydroxylation sites is 1. The normalized spacial score (nSPS) is 14.2. The molecule has 1 fully saturated rings. The van der Waals surface area contributed by atoms with Crippen molar-refractivity contribution in [2.75, 3.05) is 37.7 Å². The minimum atomic E-state index is -2.89. The number of alkyl halides is 2. The molecule has 2 aromatic rings. The Labute approximate surface area is 203 Å². The van der Waals surface area contributed by atoms with Crippen molar-refractivity contribution in [1.29, 1.82) is 0 Å². The summed E-state index contributed by atoms with van der Waals surface area (Å²) < 4.78 is 49.6. The summed E-state index contributed by atoms with van der Waals surface area (Å²) in [5.74, 6) is 0.319. The first kappa shape index (κ1) is 26.0. The fourth-order valence-corrected chi connectivity index (χ4v) is 3.26. The third-order valence-corrected chi connectivity index (χ3v) is 4.76. The molecule has 0 saturated carbocycles. The fraction of sp³-hybridized carbons (Fsp3) is 0.409. The fourth-order valence-electron chi connectivity index (χ4n) is 3.26. The van der Waals surface area contributed by atoms with Gasteiger partial charge in [0.05, 0.1) is 25.4 Å². The van der Waals surface area contributed by atoms with Gasteiger partial charge in [-0.2, -0.15) is 8.78 Å². The second-order valence-electron chi connectivity index (χ2n) is 6.92. The van der Waals surface area contributed by atoms with Crippen LogP contribution in [0.25, 0.3) is 0 Å². The summed E-state index contributed by atoms with van der Waals surface area (Å²) in [6, 6.07) is 11.7. The molecule has 0 unspecified atom stereocenters. The molecule has 1 heterocycles. The molecule has 0 aliphatic carbocycles. The van der Waals surface area contributed by atoms with E-state index in [1.165, 1.54) is 12.1 Å². The number of hydrogen-bond donors (Lipinski definition) is 2. The lowest BCUT2D eigenvalue weighted by atomic mass is 10.1. The van der Waals surface area contributed by atoms with E-state index in [1.807, 2.05) is 17.9 Å². The van der Waals surface area contributed by atoms with E-state index in [2.05, 4.69) is 20.4 Å². The van der Waals surface area contributed by atoms with Crippen molar-refractivity contribution in [3.05, 3.63) is 59.4 Å². The smallest absolute Gasteiger partial charge is 0.387 e. The van der Waals surface area contributed by atoms with Gasteiger partial charge >= 0.3 is 6.61 Å². The Hall–Kier alpha value is -2.21. The predicted octanol–water partition coefficient (Wildman–Crippen LogP) is 4.14. The van der Waals surface area contributed by atoms with Crippen LogP contribution < -0.4 is 20.3 Å². The maximum Gasteiger partial charge on any atom is 0.387 e. The predicted molar refractivity (Wildman–Crippen MR) is 130 cm³/mol. The summed E-state index contributed by atoms with van der Waals surface area (Å²) >= 11 is 0. The Kier molecular flexibility index (Phi) is 10.9. The average Bonchev–Trinajstić information content (AvgIpc) is 2.77. The number of benzene rings is 2. The molecule has 1 aliphatic rings. The van der Waals surface area contributed by atoms with Gasteiger partial charge in [-0.25, -0.2) is 9.38 Å². The largest absolute Gasteiger partial charge is 0.434 e. The molecule has 1 aliphatic heterocycles. The first-order chi connectivity index (χ1) is 15.1. The molecule has 0 amide bonds. The highest BCUT2D eigenvalue weighted by Crippen LogP contribution is 2.22. The Morgan fingerprint density at radius 2 is 1.91 bits per heavy atom. The minimum absolute atomic E-state index is 0. The zero-order chi connectivity index (χ0) is 22.1. The van der Waals surface area contributed by atoms with E-state index in [0.717, 1.165) is 5.56 Å². The van der Waals surface area contributed by atoms with Crippen molar-refractivity contribution in [3.8, 4) is 5.75 Å². The van der Waals surface area contributed by atoms with Gasteiger partial charge in [0, 0.05) is 31.7 Å². The zero-order valence-corrected chi connectivity index (χ0v) is 20.2. The highest BCUT2D eigenvalue weighted by Gasteiger charge is 2.15. The first-order valence-corrected chi connectivity index (χ1v) is 10.2. The third kappa shape index (κ3) is 7.73. The lowest BCUT2D eigenvalue weighted by Gasteiger charge is -2.29. The van der Waals surface area contributed by atoms with Gasteiger partial charge in [-0.05, 0) is 30.7 Å². The van der Waals surface area contributed by atoms with Crippen molar-refractivity contribution in [1.82, 2.24) is 10.6 Å². The standard InChI is InChI=1S/C22H27F3N4O2.HI/c1-2-26-22(28-15-17-5-3-4-6-20(17)31-21(24)25)27-14-16-7-8-19(18(23)13-16)29-9-11-30-12-10-29;/h3-8,13,21H,2,9-12,14-15H2,1H3,(H2,26,27,28);1H. The highest BCUT2D eigenvalue weighted by atomic mass is 127. The zero-order valence-electron chi connectivity index (χ0n) is 17.8. The number of hydrogen-bond acceptors (Lipinski definition) is 4. The molecule has 176 valence electrons. The van der Waals surface area contributed by atoms with Crippen LogP contribution in [0.1, 0.15) is 18.1 Å². The van der Waals surface area contributed by atoms with Crippen LogP contribution in [0.3, 0.4) is 0 Å².